The van der Waals surface area contributed by atoms with Crippen molar-refractivity contribution in [2.24, 2.45) is 0 Å². The maximum Gasteiger partial charge on any atom is 0.192 e. The van der Waals surface area contributed by atoms with Gasteiger partial charge in [0.15, 0.2) is 16.7 Å². The number of benzene rings is 1. The number of aryl methyl sites for hydroxylation is 1. The molecule has 0 saturated heterocycles. The zero-order valence-corrected chi connectivity index (χ0v) is 17.5. The van der Waals surface area contributed by atoms with Crippen LogP contribution in [0.1, 0.15) is 52.9 Å². The number of hydrogen-bond donors (Lipinski definition) is 2. The van der Waals surface area contributed by atoms with Gasteiger partial charge in [-0.1, -0.05) is 23.9 Å². The van der Waals surface area contributed by atoms with E-state index in [0.717, 1.165) is 29.0 Å². The molecule has 0 aliphatic rings. The van der Waals surface area contributed by atoms with Crippen molar-refractivity contribution >= 4 is 40.0 Å². The number of Topliss-reactive ketones (excluding diaryl/α,β-unsaturated/α-hetero) is 2. The van der Waals surface area contributed by atoms with Gasteiger partial charge in [0.1, 0.15) is 5.82 Å². The molecular weight excluding hydrogens is 372 g/mol. The second-order valence-corrected chi connectivity index (χ2v) is 8.02. The molecule has 0 radical (unpaired) electrons. The van der Waals surface area contributed by atoms with Crippen LogP contribution in [0.2, 0.25) is 0 Å². The number of carbonyl (C=O) groups excluding carboxylic acids is 2. The fourth-order valence-electron chi connectivity index (χ4n) is 3.35. The number of carbonyl (C=O) groups is 2. The molecule has 1 atom stereocenters. The molecule has 2 heterocycles. The van der Waals surface area contributed by atoms with E-state index < -0.39 is 5.25 Å². The van der Waals surface area contributed by atoms with Crippen LogP contribution < -0.4 is 5.32 Å². The van der Waals surface area contributed by atoms with Crippen LogP contribution in [-0.4, -0.2) is 38.3 Å². The second kappa shape index (κ2) is 8.14. The first-order valence-corrected chi connectivity index (χ1v) is 10.1. The van der Waals surface area contributed by atoms with Crippen molar-refractivity contribution < 1.29 is 9.59 Å². The number of H-pyrrole nitrogens is 1. The van der Waals surface area contributed by atoms with Gasteiger partial charge in [0, 0.05) is 23.2 Å². The van der Waals surface area contributed by atoms with Crippen LogP contribution in [0.25, 0.3) is 10.9 Å². The highest BCUT2D eigenvalue weighted by Gasteiger charge is 2.25. The SMILES string of the molecule is CCNc1nc(SC(C)C(=O)c2[nH]c(C)c(C(C)=O)c2C)nc2ccccc12. The van der Waals surface area contributed by atoms with E-state index in [4.69, 9.17) is 0 Å². The van der Waals surface area contributed by atoms with Crippen molar-refractivity contribution in [2.45, 2.75) is 45.0 Å². The molecule has 0 amide bonds. The average molecular weight is 397 g/mol. The highest BCUT2D eigenvalue weighted by molar-refractivity contribution is 8.00. The number of aromatic amines is 1. The first-order chi connectivity index (χ1) is 13.3. The highest BCUT2D eigenvalue weighted by Crippen LogP contribution is 2.29. The van der Waals surface area contributed by atoms with E-state index in [1.54, 1.807) is 6.92 Å². The normalized spacial score (nSPS) is 12.2. The van der Waals surface area contributed by atoms with E-state index >= 15 is 0 Å². The monoisotopic (exact) mass is 396 g/mol. The molecule has 0 aliphatic carbocycles. The van der Waals surface area contributed by atoms with E-state index in [-0.39, 0.29) is 11.6 Å². The number of anilines is 1. The Morgan fingerprint density at radius 3 is 2.57 bits per heavy atom. The van der Waals surface area contributed by atoms with Gasteiger partial charge in [-0.05, 0) is 52.3 Å². The summed E-state index contributed by atoms with van der Waals surface area (Å²) in [5.41, 5.74) is 3.34. The molecule has 7 heteroatoms. The summed E-state index contributed by atoms with van der Waals surface area (Å²) in [6, 6.07) is 7.80. The summed E-state index contributed by atoms with van der Waals surface area (Å²) in [6.07, 6.45) is 0. The fourth-order valence-corrected chi connectivity index (χ4v) is 4.19. The van der Waals surface area contributed by atoms with E-state index in [2.05, 4.69) is 20.3 Å². The Hall–Kier alpha value is -2.67. The third-order valence-electron chi connectivity index (χ3n) is 4.61. The number of nitrogens with zero attached hydrogens (tertiary/aromatic N) is 2. The molecule has 0 saturated carbocycles. The Balaban J connectivity index is 1.91. The fraction of sp³-hybridized carbons (Fsp3) is 0.333. The first-order valence-electron chi connectivity index (χ1n) is 9.25. The van der Waals surface area contributed by atoms with Gasteiger partial charge in [0.2, 0.25) is 0 Å². The topological polar surface area (TPSA) is 87.7 Å². The largest absolute Gasteiger partial charge is 0.370 e. The smallest absolute Gasteiger partial charge is 0.192 e. The minimum atomic E-state index is -0.396. The maximum atomic E-state index is 13.0. The molecule has 1 aromatic carbocycles. The number of fused-ring (bicyclic) bond motifs is 1. The van der Waals surface area contributed by atoms with Crippen LogP contribution in [-0.2, 0) is 0 Å². The maximum absolute atomic E-state index is 13.0. The predicted octanol–water partition coefficient (Wildman–Crippen LogP) is 4.57. The molecule has 1 unspecified atom stereocenters. The van der Waals surface area contributed by atoms with E-state index in [1.165, 1.54) is 18.7 Å². The van der Waals surface area contributed by atoms with Crippen LogP contribution >= 0.6 is 11.8 Å². The lowest BCUT2D eigenvalue weighted by Crippen LogP contribution is -2.16. The Kier molecular flexibility index (Phi) is 5.84. The van der Waals surface area contributed by atoms with Gasteiger partial charge in [0.25, 0.3) is 0 Å². The zero-order valence-electron chi connectivity index (χ0n) is 16.7. The van der Waals surface area contributed by atoms with Gasteiger partial charge in [-0.2, -0.15) is 0 Å². The number of hydrogen-bond acceptors (Lipinski definition) is 6. The lowest BCUT2D eigenvalue weighted by Gasteiger charge is -2.12. The number of nitrogens with one attached hydrogen (secondary N) is 2. The second-order valence-electron chi connectivity index (χ2n) is 6.71. The predicted molar refractivity (Wildman–Crippen MR) is 114 cm³/mol. The minimum absolute atomic E-state index is 0.0428. The van der Waals surface area contributed by atoms with Gasteiger partial charge in [-0.25, -0.2) is 9.97 Å². The van der Waals surface area contributed by atoms with E-state index in [1.807, 2.05) is 45.0 Å². The summed E-state index contributed by atoms with van der Waals surface area (Å²) < 4.78 is 0. The lowest BCUT2D eigenvalue weighted by atomic mass is 10.0. The molecule has 0 aliphatic heterocycles. The summed E-state index contributed by atoms with van der Waals surface area (Å²) in [6.45, 7) is 9.73. The van der Waals surface area contributed by atoms with Gasteiger partial charge < -0.3 is 10.3 Å². The van der Waals surface area contributed by atoms with Crippen LogP contribution in [0.15, 0.2) is 29.4 Å². The van der Waals surface area contributed by atoms with Crippen molar-refractivity contribution in [1.82, 2.24) is 15.0 Å². The Morgan fingerprint density at radius 1 is 1.21 bits per heavy atom. The number of aromatic nitrogens is 3. The molecule has 3 rings (SSSR count). The van der Waals surface area contributed by atoms with Crippen molar-refractivity contribution in [1.29, 1.82) is 0 Å². The average Bonchev–Trinajstić information content (AvgIpc) is 2.95. The molecule has 28 heavy (non-hydrogen) atoms. The molecule has 2 aromatic heterocycles. The van der Waals surface area contributed by atoms with Crippen LogP contribution in [0.5, 0.6) is 0 Å². The van der Waals surface area contributed by atoms with Crippen molar-refractivity contribution in [3.8, 4) is 0 Å². The number of ketones is 2. The number of para-hydroxylation sites is 1. The number of rotatable bonds is 7. The summed E-state index contributed by atoms with van der Waals surface area (Å²) in [7, 11) is 0. The molecule has 6 nitrogen and oxygen atoms in total. The van der Waals surface area contributed by atoms with Crippen molar-refractivity contribution in [3.63, 3.8) is 0 Å². The van der Waals surface area contributed by atoms with Gasteiger partial charge in [-0.3, -0.25) is 9.59 Å². The molecule has 146 valence electrons. The minimum Gasteiger partial charge on any atom is -0.370 e. The quantitative estimate of drug-likeness (QED) is 0.345. The third-order valence-corrected chi connectivity index (χ3v) is 5.58. The third kappa shape index (κ3) is 3.80. The van der Waals surface area contributed by atoms with Crippen LogP contribution in [0.4, 0.5) is 5.82 Å². The van der Waals surface area contributed by atoms with E-state index in [9.17, 15) is 9.59 Å². The van der Waals surface area contributed by atoms with Gasteiger partial charge in [-0.15, -0.1) is 0 Å². The summed E-state index contributed by atoms with van der Waals surface area (Å²) in [5, 5.41) is 4.37. The van der Waals surface area contributed by atoms with Crippen LogP contribution in [0.3, 0.4) is 0 Å². The first kappa shape index (κ1) is 20.1. The number of thioether (sulfide) groups is 1. The Morgan fingerprint density at radius 2 is 1.93 bits per heavy atom. The molecule has 0 bridgehead atoms. The Labute approximate surface area is 168 Å². The Bertz CT molecular complexity index is 1060. The molecular formula is C21H24N4O2S. The molecule has 3 aromatic rings. The highest BCUT2D eigenvalue weighted by atomic mass is 32.2. The molecule has 2 N–H and O–H groups in total. The summed E-state index contributed by atoms with van der Waals surface area (Å²) in [5.74, 6) is 0.652. The lowest BCUT2D eigenvalue weighted by molar-refractivity contribution is 0.0988. The van der Waals surface area contributed by atoms with E-state index in [0.29, 0.717) is 22.0 Å². The van der Waals surface area contributed by atoms with Gasteiger partial charge in [0.05, 0.1) is 16.5 Å². The van der Waals surface area contributed by atoms with Gasteiger partial charge >= 0.3 is 0 Å². The molecule has 0 spiro atoms. The zero-order chi connectivity index (χ0) is 20.4. The molecule has 0 fully saturated rings. The van der Waals surface area contributed by atoms with Crippen molar-refractivity contribution in [2.75, 3.05) is 11.9 Å². The summed E-state index contributed by atoms with van der Waals surface area (Å²) in [4.78, 5) is 37.1. The van der Waals surface area contributed by atoms with Crippen LogP contribution in [0, 0.1) is 13.8 Å². The summed E-state index contributed by atoms with van der Waals surface area (Å²) >= 11 is 1.32. The standard InChI is InChI=1S/C21H24N4O2S/c1-6-22-20-15-9-7-8-10-16(15)24-21(25-20)28-14(5)19(27)18-11(2)17(13(4)26)12(3)23-18/h7-10,14,23H,6H2,1-5H3,(H,22,24,25). The van der Waals surface area contributed by atoms with Crippen molar-refractivity contribution in [3.05, 3.63) is 46.8 Å².